The van der Waals surface area contributed by atoms with Crippen LogP contribution in [0.2, 0.25) is 0 Å². The fraction of sp³-hybridized carbons (Fsp3) is 0.556. The highest BCUT2D eigenvalue weighted by Gasteiger charge is 2.26. The molecule has 0 radical (unpaired) electrons. The Morgan fingerprint density at radius 2 is 2.09 bits per heavy atom. The van der Waals surface area contributed by atoms with Crippen LogP contribution in [0.3, 0.4) is 0 Å². The van der Waals surface area contributed by atoms with Gasteiger partial charge in [0.15, 0.2) is 5.96 Å². The Bertz CT molecular complexity index is 515. The number of carbonyl (C=O) groups is 1. The van der Waals surface area contributed by atoms with E-state index in [1.54, 1.807) is 7.05 Å². The van der Waals surface area contributed by atoms with Crippen molar-refractivity contribution in [3.05, 3.63) is 35.9 Å². The number of hydrogen-bond donors (Lipinski definition) is 2. The number of amides is 1. The molecule has 5 nitrogen and oxygen atoms in total. The maximum atomic E-state index is 11.9. The summed E-state index contributed by atoms with van der Waals surface area (Å²) in [6.45, 7) is 4.64. The molecule has 2 rings (SSSR count). The van der Waals surface area contributed by atoms with E-state index in [1.807, 2.05) is 23.1 Å². The summed E-state index contributed by atoms with van der Waals surface area (Å²) in [4.78, 5) is 18.2. The first-order valence-corrected chi connectivity index (χ1v) is 8.52. The summed E-state index contributed by atoms with van der Waals surface area (Å²) in [5.74, 6) is 1.11. The average Bonchev–Trinajstić information content (AvgIpc) is 3.01. The van der Waals surface area contributed by atoms with Gasteiger partial charge in [-0.15, -0.1) is 0 Å². The van der Waals surface area contributed by atoms with Crippen LogP contribution in [0.4, 0.5) is 0 Å². The minimum Gasteiger partial charge on any atom is -0.356 e. The van der Waals surface area contributed by atoms with E-state index in [0.29, 0.717) is 18.4 Å². The third kappa shape index (κ3) is 5.27. The van der Waals surface area contributed by atoms with Gasteiger partial charge in [0.05, 0.1) is 0 Å². The van der Waals surface area contributed by atoms with E-state index >= 15 is 0 Å². The van der Waals surface area contributed by atoms with Gasteiger partial charge in [0.1, 0.15) is 0 Å². The molecule has 1 atom stereocenters. The summed E-state index contributed by atoms with van der Waals surface area (Å²) in [6.07, 6.45) is 3.67. The van der Waals surface area contributed by atoms with Gasteiger partial charge in [0.2, 0.25) is 5.91 Å². The van der Waals surface area contributed by atoms with Crippen molar-refractivity contribution >= 4 is 11.9 Å². The summed E-state index contributed by atoms with van der Waals surface area (Å²) in [7, 11) is 1.78. The van der Waals surface area contributed by atoms with Crippen LogP contribution in [-0.4, -0.2) is 42.9 Å². The molecule has 1 aliphatic rings. The second-order valence-corrected chi connectivity index (χ2v) is 5.88. The average molecular weight is 316 g/mol. The van der Waals surface area contributed by atoms with E-state index in [0.717, 1.165) is 44.9 Å². The zero-order valence-corrected chi connectivity index (χ0v) is 14.2. The number of nitrogens with one attached hydrogen (secondary N) is 2. The number of guanidine groups is 1. The molecule has 1 aromatic carbocycles. The van der Waals surface area contributed by atoms with Crippen LogP contribution in [0, 0.1) is 0 Å². The van der Waals surface area contributed by atoms with E-state index in [4.69, 9.17) is 0 Å². The molecule has 1 heterocycles. The van der Waals surface area contributed by atoms with Crippen molar-refractivity contribution in [2.45, 2.75) is 45.2 Å². The zero-order chi connectivity index (χ0) is 16.5. The van der Waals surface area contributed by atoms with Crippen LogP contribution in [0.1, 0.15) is 38.2 Å². The van der Waals surface area contributed by atoms with Gasteiger partial charge in [-0.25, -0.2) is 0 Å². The molecule has 1 aromatic rings. The van der Waals surface area contributed by atoms with Crippen molar-refractivity contribution in [1.82, 2.24) is 15.5 Å². The number of hydrogen-bond acceptors (Lipinski definition) is 2. The number of benzene rings is 1. The first-order chi connectivity index (χ1) is 11.2. The Balaban J connectivity index is 1.73. The summed E-state index contributed by atoms with van der Waals surface area (Å²) in [6, 6.07) is 10.6. The summed E-state index contributed by atoms with van der Waals surface area (Å²) < 4.78 is 0. The van der Waals surface area contributed by atoms with Crippen molar-refractivity contribution in [1.29, 1.82) is 0 Å². The third-order valence-corrected chi connectivity index (χ3v) is 4.32. The lowest BCUT2D eigenvalue weighted by Gasteiger charge is -2.27. The number of carbonyl (C=O) groups excluding carboxylic acids is 1. The molecule has 1 unspecified atom stereocenters. The van der Waals surface area contributed by atoms with Crippen molar-refractivity contribution in [3.63, 3.8) is 0 Å². The molecule has 1 aliphatic heterocycles. The van der Waals surface area contributed by atoms with E-state index < -0.39 is 0 Å². The maximum Gasteiger partial charge on any atom is 0.222 e. The molecule has 0 bridgehead atoms. The molecular formula is C18H28N4O. The zero-order valence-electron chi connectivity index (χ0n) is 14.2. The molecule has 0 aromatic heterocycles. The quantitative estimate of drug-likeness (QED) is 0.598. The second-order valence-electron chi connectivity index (χ2n) is 5.88. The Morgan fingerprint density at radius 1 is 1.30 bits per heavy atom. The molecule has 2 N–H and O–H groups in total. The molecule has 23 heavy (non-hydrogen) atoms. The minimum atomic E-state index is 0.309. The highest BCUT2D eigenvalue weighted by atomic mass is 16.2. The van der Waals surface area contributed by atoms with Gasteiger partial charge >= 0.3 is 0 Å². The lowest BCUT2D eigenvalue weighted by atomic mass is 10.1. The number of nitrogens with zero attached hydrogens (tertiary/aromatic N) is 2. The fourth-order valence-corrected chi connectivity index (χ4v) is 2.99. The second kappa shape index (κ2) is 9.18. The van der Waals surface area contributed by atoms with Crippen molar-refractivity contribution in [2.24, 2.45) is 4.99 Å². The molecule has 0 saturated carbocycles. The lowest BCUT2D eigenvalue weighted by Crippen LogP contribution is -2.41. The van der Waals surface area contributed by atoms with Gasteiger partial charge in [0, 0.05) is 39.1 Å². The van der Waals surface area contributed by atoms with Gasteiger partial charge in [-0.1, -0.05) is 37.3 Å². The third-order valence-electron chi connectivity index (χ3n) is 4.32. The molecule has 0 spiro atoms. The topological polar surface area (TPSA) is 56.7 Å². The molecule has 126 valence electrons. The highest BCUT2D eigenvalue weighted by Crippen LogP contribution is 2.17. The van der Waals surface area contributed by atoms with Crippen LogP contribution in [0.15, 0.2) is 35.3 Å². The Kier molecular flexibility index (Phi) is 6.91. The fourth-order valence-electron chi connectivity index (χ4n) is 2.99. The van der Waals surface area contributed by atoms with Gasteiger partial charge < -0.3 is 15.5 Å². The number of likely N-dealkylation sites (tertiary alicyclic amines) is 1. The summed E-state index contributed by atoms with van der Waals surface area (Å²) >= 11 is 0. The summed E-state index contributed by atoms with van der Waals surface area (Å²) in [5, 5.41) is 6.66. The number of aliphatic imine (C=N–C) groups is 1. The van der Waals surface area contributed by atoms with E-state index in [1.165, 1.54) is 5.56 Å². The minimum absolute atomic E-state index is 0.309. The predicted octanol–water partition coefficient (Wildman–Crippen LogP) is 2.14. The van der Waals surface area contributed by atoms with Crippen LogP contribution in [0.5, 0.6) is 0 Å². The molecule has 0 aliphatic carbocycles. The Morgan fingerprint density at radius 3 is 2.70 bits per heavy atom. The molecule has 1 fully saturated rings. The van der Waals surface area contributed by atoms with Gasteiger partial charge in [-0.05, 0) is 24.8 Å². The van der Waals surface area contributed by atoms with Crippen molar-refractivity contribution in [2.75, 3.05) is 20.1 Å². The monoisotopic (exact) mass is 316 g/mol. The number of rotatable bonds is 7. The molecule has 5 heteroatoms. The van der Waals surface area contributed by atoms with Gasteiger partial charge in [-0.3, -0.25) is 9.79 Å². The maximum absolute atomic E-state index is 11.9. The normalized spacial score (nSPS) is 16.5. The van der Waals surface area contributed by atoms with Crippen molar-refractivity contribution < 1.29 is 4.79 Å². The highest BCUT2D eigenvalue weighted by molar-refractivity contribution is 5.79. The van der Waals surface area contributed by atoms with E-state index in [-0.39, 0.29) is 0 Å². The van der Waals surface area contributed by atoms with Crippen LogP contribution in [-0.2, 0) is 11.3 Å². The molecule has 1 amide bonds. The predicted molar refractivity (Wildman–Crippen MR) is 94.3 cm³/mol. The lowest BCUT2D eigenvalue weighted by molar-refractivity contribution is -0.129. The smallest absolute Gasteiger partial charge is 0.222 e. The van der Waals surface area contributed by atoms with Crippen LogP contribution in [0.25, 0.3) is 0 Å². The van der Waals surface area contributed by atoms with Gasteiger partial charge in [0.25, 0.3) is 0 Å². The van der Waals surface area contributed by atoms with Crippen LogP contribution < -0.4 is 10.6 Å². The Labute approximate surface area is 139 Å². The standard InChI is InChI=1S/C18H28N4O/c1-3-16(22-13-7-10-17(22)23)11-12-20-18(19-2)21-14-15-8-5-4-6-9-15/h4-6,8-9,16H,3,7,10-14H2,1-2H3,(H2,19,20,21). The van der Waals surface area contributed by atoms with E-state index in [2.05, 4.69) is 34.7 Å². The van der Waals surface area contributed by atoms with E-state index in [9.17, 15) is 4.79 Å². The first kappa shape index (κ1) is 17.3. The first-order valence-electron chi connectivity index (χ1n) is 8.52. The Hall–Kier alpha value is -2.04. The summed E-state index contributed by atoms with van der Waals surface area (Å²) in [5.41, 5.74) is 1.23. The van der Waals surface area contributed by atoms with Crippen LogP contribution >= 0.6 is 0 Å². The SMILES string of the molecule is CCC(CCNC(=NC)NCc1ccccc1)N1CCCC1=O. The molecule has 1 saturated heterocycles. The van der Waals surface area contributed by atoms with Gasteiger partial charge in [-0.2, -0.15) is 0 Å². The largest absolute Gasteiger partial charge is 0.356 e. The van der Waals surface area contributed by atoms with Crippen molar-refractivity contribution in [3.8, 4) is 0 Å². The molecular weight excluding hydrogens is 288 g/mol.